The topological polar surface area (TPSA) is 34.0 Å². The number of rotatable bonds is 10. The lowest BCUT2D eigenvalue weighted by atomic mass is 9.94. The van der Waals surface area contributed by atoms with Gasteiger partial charge in [-0.25, -0.2) is 0 Å². The molecule has 0 bridgehead atoms. The average molecular weight is 557 g/mol. The van der Waals surface area contributed by atoms with E-state index in [1.165, 1.54) is 60.0 Å². The summed E-state index contributed by atoms with van der Waals surface area (Å²) < 4.78 is 2.22. The van der Waals surface area contributed by atoms with Crippen LogP contribution in [0.1, 0.15) is 47.0 Å². The van der Waals surface area contributed by atoms with Gasteiger partial charge in [0.15, 0.2) is 5.78 Å². The Kier molecular flexibility index (Phi) is 14.2. The van der Waals surface area contributed by atoms with Gasteiger partial charge in [0.2, 0.25) is 0 Å². The lowest BCUT2D eigenvalue weighted by Crippen LogP contribution is -2.26. The number of ketones is 1. The van der Waals surface area contributed by atoms with E-state index in [0.29, 0.717) is 0 Å². The zero-order valence-corrected chi connectivity index (χ0v) is 25.5. The van der Waals surface area contributed by atoms with Crippen LogP contribution in [-0.2, 0) is 11.3 Å². The van der Waals surface area contributed by atoms with Crippen LogP contribution in [-0.4, -0.2) is 23.4 Å². The molecule has 4 heteroatoms. The Bertz CT molecular complexity index is 1350. The fourth-order valence-electron chi connectivity index (χ4n) is 4.50. The summed E-state index contributed by atoms with van der Waals surface area (Å²) in [6.07, 6.45) is 9.27. The first-order valence-corrected chi connectivity index (χ1v) is 14.5. The van der Waals surface area contributed by atoms with Crippen LogP contribution in [0.5, 0.6) is 0 Å². The van der Waals surface area contributed by atoms with Gasteiger partial charge < -0.3 is 9.88 Å². The Balaban J connectivity index is 0.000000312. The third-order valence-corrected chi connectivity index (χ3v) is 7.28. The van der Waals surface area contributed by atoms with Crippen molar-refractivity contribution in [1.29, 1.82) is 0 Å². The molecule has 2 unspecified atom stereocenters. The van der Waals surface area contributed by atoms with E-state index in [2.05, 4.69) is 112 Å². The number of hydrogen-bond acceptors (Lipinski definition) is 2. The van der Waals surface area contributed by atoms with Crippen molar-refractivity contribution in [2.24, 2.45) is 5.92 Å². The Morgan fingerprint density at radius 3 is 2.12 bits per heavy atom. The average Bonchev–Trinajstić information content (AvgIpc) is 3.34. The quantitative estimate of drug-likeness (QED) is 0.156. The Hall–Kier alpha value is -3.40. The molecule has 0 fully saturated rings. The van der Waals surface area contributed by atoms with Crippen LogP contribution in [0.15, 0.2) is 104 Å². The molecule has 40 heavy (non-hydrogen) atoms. The predicted molar refractivity (Wildman–Crippen MR) is 176 cm³/mol. The van der Waals surface area contributed by atoms with E-state index in [0.717, 1.165) is 28.9 Å². The maximum Gasteiger partial charge on any atom is 0.152 e. The molecule has 0 aliphatic carbocycles. The molecule has 0 saturated heterocycles. The van der Waals surface area contributed by atoms with Gasteiger partial charge >= 0.3 is 0 Å². The van der Waals surface area contributed by atoms with Gasteiger partial charge in [-0.2, -0.15) is 0 Å². The van der Waals surface area contributed by atoms with Gasteiger partial charge in [0.1, 0.15) is 0 Å². The third kappa shape index (κ3) is 9.66. The monoisotopic (exact) mass is 556 g/mol. The van der Waals surface area contributed by atoms with E-state index >= 15 is 0 Å². The molecular formula is C36H45ClN2O. The minimum atomic E-state index is 0.0185. The second-order valence-corrected chi connectivity index (χ2v) is 10.5. The van der Waals surface area contributed by atoms with Crippen LogP contribution in [0.3, 0.4) is 0 Å². The Labute approximate surface area is 246 Å². The largest absolute Gasteiger partial charge is 0.343 e. The van der Waals surface area contributed by atoms with Crippen LogP contribution < -0.4 is 5.32 Å². The van der Waals surface area contributed by atoms with Crippen molar-refractivity contribution in [2.45, 2.75) is 59.5 Å². The fraction of sp³-hybridized carbons (Fsp3) is 0.306. The minimum absolute atomic E-state index is 0.0185. The number of nitrogens with one attached hydrogen (secondary N) is 1. The molecule has 3 aromatic carbocycles. The molecule has 4 aromatic rings. The van der Waals surface area contributed by atoms with Crippen LogP contribution in [0, 0.1) is 5.92 Å². The van der Waals surface area contributed by atoms with Crippen molar-refractivity contribution in [3.63, 3.8) is 0 Å². The van der Waals surface area contributed by atoms with E-state index in [1.807, 2.05) is 24.3 Å². The second kappa shape index (κ2) is 17.3. The first-order chi connectivity index (χ1) is 19.3. The van der Waals surface area contributed by atoms with Crippen LogP contribution in [0.25, 0.3) is 33.2 Å². The van der Waals surface area contributed by atoms with Crippen molar-refractivity contribution in [1.82, 2.24) is 9.88 Å². The molecular weight excluding hydrogens is 512 g/mol. The van der Waals surface area contributed by atoms with Gasteiger partial charge in [-0.3, -0.25) is 4.79 Å². The van der Waals surface area contributed by atoms with Crippen LogP contribution in [0.4, 0.5) is 0 Å². The molecule has 1 heterocycles. The summed E-state index contributed by atoms with van der Waals surface area (Å²) in [6.45, 7) is 16.1. The standard InChI is InChI=1S/C23H18ClN.C9H21N.C4H6O/c1-2-14-25-16-22(21-15-18(24)12-13-23(21)25)20-11-7-6-10-19(20)17-8-4-3-5-9-17;1-5-8(3)7-9(6-2)10-4;1-3-4(2)5/h2-13,15-16H,1,14H2;8-10H,5-7H2,1-4H3;3H,1H2,2H3. The minimum Gasteiger partial charge on any atom is -0.343 e. The molecule has 2 atom stereocenters. The summed E-state index contributed by atoms with van der Waals surface area (Å²) in [6, 6.07) is 25.8. The summed E-state index contributed by atoms with van der Waals surface area (Å²) in [5, 5.41) is 5.23. The summed E-state index contributed by atoms with van der Waals surface area (Å²) >= 11 is 6.29. The molecule has 0 saturated carbocycles. The van der Waals surface area contributed by atoms with Gasteiger partial charge in [-0.05, 0) is 73.7 Å². The number of hydrogen-bond donors (Lipinski definition) is 1. The fourth-order valence-corrected chi connectivity index (χ4v) is 4.67. The van der Waals surface area contributed by atoms with E-state index in [9.17, 15) is 4.79 Å². The number of nitrogens with zero attached hydrogens (tertiary/aromatic N) is 1. The van der Waals surface area contributed by atoms with E-state index < -0.39 is 0 Å². The molecule has 0 amide bonds. The van der Waals surface area contributed by atoms with Crippen LogP contribution >= 0.6 is 11.6 Å². The predicted octanol–water partition coefficient (Wildman–Crippen LogP) is 10.00. The van der Waals surface area contributed by atoms with Gasteiger partial charge in [0.05, 0.1) is 0 Å². The number of carbonyl (C=O) groups is 1. The number of carbonyl (C=O) groups excluding carboxylic acids is 1. The van der Waals surface area contributed by atoms with Crippen molar-refractivity contribution < 1.29 is 4.79 Å². The molecule has 0 radical (unpaired) electrons. The Morgan fingerprint density at radius 2 is 1.57 bits per heavy atom. The zero-order chi connectivity index (χ0) is 29.5. The summed E-state index contributed by atoms with van der Waals surface area (Å²) in [4.78, 5) is 9.69. The molecule has 0 aliphatic rings. The summed E-state index contributed by atoms with van der Waals surface area (Å²) in [7, 11) is 2.05. The number of aromatic nitrogens is 1. The molecule has 0 spiro atoms. The maximum atomic E-state index is 9.69. The molecule has 4 rings (SSSR count). The van der Waals surface area contributed by atoms with E-state index in [-0.39, 0.29) is 5.78 Å². The number of allylic oxidation sites excluding steroid dienone is 2. The summed E-state index contributed by atoms with van der Waals surface area (Å²) in [5.74, 6) is 0.891. The van der Waals surface area contributed by atoms with Crippen molar-refractivity contribution in [2.75, 3.05) is 7.05 Å². The maximum absolute atomic E-state index is 9.69. The Morgan fingerprint density at radius 1 is 0.950 bits per heavy atom. The summed E-state index contributed by atoms with van der Waals surface area (Å²) in [5.41, 5.74) is 6.01. The smallest absolute Gasteiger partial charge is 0.152 e. The van der Waals surface area contributed by atoms with Gasteiger partial charge in [0.25, 0.3) is 0 Å². The highest BCUT2D eigenvalue weighted by molar-refractivity contribution is 6.31. The number of benzene rings is 3. The number of fused-ring (bicyclic) bond motifs is 1. The lowest BCUT2D eigenvalue weighted by Gasteiger charge is -2.17. The molecule has 1 aromatic heterocycles. The first-order valence-electron chi connectivity index (χ1n) is 14.1. The van der Waals surface area contributed by atoms with Crippen molar-refractivity contribution in [3.05, 3.63) is 109 Å². The van der Waals surface area contributed by atoms with E-state index in [4.69, 9.17) is 11.6 Å². The normalized spacial score (nSPS) is 11.8. The molecule has 212 valence electrons. The SMILES string of the molecule is C=CC(C)=O.C=CCn1cc(-c2ccccc2-c2ccccc2)c2cc(Cl)ccc21.CCC(C)CC(CC)NC. The van der Waals surface area contributed by atoms with Crippen molar-refractivity contribution in [3.8, 4) is 22.3 Å². The van der Waals surface area contributed by atoms with Gasteiger partial charge in [0, 0.05) is 40.3 Å². The highest BCUT2D eigenvalue weighted by Gasteiger charge is 2.14. The van der Waals surface area contributed by atoms with Gasteiger partial charge in [-0.1, -0.05) is 106 Å². The zero-order valence-electron chi connectivity index (χ0n) is 24.8. The first kappa shape index (κ1) is 32.8. The second-order valence-electron chi connectivity index (χ2n) is 10.0. The third-order valence-electron chi connectivity index (χ3n) is 7.04. The number of halogens is 1. The van der Waals surface area contributed by atoms with Gasteiger partial charge in [-0.15, -0.1) is 6.58 Å². The molecule has 3 nitrogen and oxygen atoms in total. The lowest BCUT2D eigenvalue weighted by molar-refractivity contribution is -0.112. The van der Waals surface area contributed by atoms with Crippen molar-refractivity contribution >= 4 is 28.3 Å². The van der Waals surface area contributed by atoms with Crippen LogP contribution in [0.2, 0.25) is 5.02 Å². The molecule has 1 N–H and O–H groups in total. The highest BCUT2D eigenvalue weighted by atomic mass is 35.5. The molecule has 0 aliphatic heterocycles. The van der Waals surface area contributed by atoms with E-state index in [1.54, 1.807) is 0 Å². The highest BCUT2D eigenvalue weighted by Crippen LogP contribution is 2.38.